The van der Waals surface area contributed by atoms with Gasteiger partial charge in [-0.2, -0.15) is 0 Å². The van der Waals surface area contributed by atoms with E-state index in [4.69, 9.17) is 0 Å². The highest BCUT2D eigenvalue weighted by Crippen LogP contribution is 2.16. The quantitative estimate of drug-likeness (QED) is 0.710. The van der Waals surface area contributed by atoms with Gasteiger partial charge in [0.1, 0.15) is 0 Å². The van der Waals surface area contributed by atoms with Crippen molar-refractivity contribution >= 4 is 27.6 Å². The third-order valence-electron chi connectivity index (χ3n) is 4.44. The molecule has 2 rings (SSSR count). The van der Waals surface area contributed by atoms with E-state index < -0.39 is 0 Å². The van der Waals surface area contributed by atoms with Crippen molar-refractivity contribution in [3.05, 3.63) is 34.3 Å². The topological polar surface area (TPSA) is 40.6 Å². The number of ketones is 1. The Balaban J connectivity index is 1.76. The van der Waals surface area contributed by atoms with Gasteiger partial charge in [0.05, 0.1) is 0 Å². The lowest BCUT2D eigenvalue weighted by molar-refractivity contribution is -0.133. The highest BCUT2D eigenvalue weighted by Gasteiger charge is 2.24. The number of likely N-dealkylation sites (N-methyl/N-ethyl adjacent to an activating group) is 1. The van der Waals surface area contributed by atoms with Gasteiger partial charge in [-0.15, -0.1) is 0 Å². The van der Waals surface area contributed by atoms with E-state index in [1.54, 1.807) is 0 Å². The molecule has 1 heterocycles. The maximum absolute atomic E-state index is 12.3. The summed E-state index contributed by atoms with van der Waals surface area (Å²) in [4.78, 5) is 28.6. The molecule has 1 aliphatic rings. The number of nitrogens with zero attached hydrogens (tertiary/aromatic N) is 2. The van der Waals surface area contributed by atoms with E-state index in [9.17, 15) is 9.59 Å². The lowest BCUT2D eigenvalue weighted by Crippen LogP contribution is -2.47. The molecular formula is C18H25BrN2O2. The zero-order valence-corrected chi connectivity index (χ0v) is 15.5. The summed E-state index contributed by atoms with van der Waals surface area (Å²) in [5.41, 5.74) is 0.714. The molecule has 1 aliphatic heterocycles. The molecular weight excluding hydrogens is 356 g/mol. The SMILES string of the molecule is CN(C)C1CCCN(C(=O)CCCC(=O)c2ccc(Br)cc2)C1. The number of rotatable bonds is 6. The number of carbonyl (C=O) groups excluding carboxylic acids is 2. The minimum Gasteiger partial charge on any atom is -0.341 e. The van der Waals surface area contributed by atoms with Crippen LogP contribution in [0.15, 0.2) is 28.7 Å². The Hall–Kier alpha value is -1.20. The summed E-state index contributed by atoms with van der Waals surface area (Å²) in [6, 6.07) is 7.83. The molecule has 1 fully saturated rings. The summed E-state index contributed by atoms with van der Waals surface area (Å²) < 4.78 is 0.963. The van der Waals surface area contributed by atoms with E-state index in [0.29, 0.717) is 30.9 Å². The zero-order chi connectivity index (χ0) is 16.8. The maximum Gasteiger partial charge on any atom is 0.222 e. The van der Waals surface area contributed by atoms with Gasteiger partial charge in [-0.1, -0.05) is 28.1 Å². The molecule has 0 spiro atoms. The van der Waals surface area contributed by atoms with Crippen LogP contribution < -0.4 is 0 Å². The molecule has 1 aromatic carbocycles. The van der Waals surface area contributed by atoms with Gasteiger partial charge in [-0.05, 0) is 45.5 Å². The summed E-state index contributed by atoms with van der Waals surface area (Å²) in [6.07, 6.45) is 3.73. The predicted octanol–water partition coefficient (Wildman–Crippen LogP) is 3.35. The van der Waals surface area contributed by atoms with Gasteiger partial charge in [0.15, 0.2) is 5.78 Å². The van der Waals surface area contributed by atoms with Crippen LogP contribution in [-0.4, -0.2) is 54.7 Å². The van der Waals surface area contributed by atoms with Crippen molar-refractivity contribution in [2.24, 2.45) is 0 Å². The van der Waals surface area contributed by atoms with Gasteiger partial charge in [-0.3, -0.25) is 9.59 Å². The smallest absolute Gasteiger partial charge is 0.222 e. The second-order valence-electron chi connectivity index (χ2n) is 6.38. The van der Waals surface area contributed by atoms with Crippen molar-refractivity contribution < 1.29 is 9.59 Å². The first-order valence-electron chi connectivity index (χ1n) is 8.20. The van der Waals surface area contributed by atoms with Crippen LogP contribution in [0.2, 0.25) is 0 Å². The molecule has 1 amide bonds. The van der Waals surface area contributed by atoms with Crippen LogP contribution in [0, 0.1) is 0 Å². The molecule has 1 aromatic rings. The van der Waals surface area contributed by atoms with E-state index in [1.807, 2.05) is 29.2 Å². The van der Waals surface area contributed by atoms with Crippen LogP contribution in [0.5, 0.6) is 0 Å². The van der Waals surface area contributed by atoms with Crippen molar-refractivity contribution in [3.63, 3.8) is 0 Å². The molecule has 0 radical (unpaired) electrons. The van der Waals surface area contributed by atoms with Crippen molar-refractivity contribution in [2.45, 2.75) is 38.1 Å². The fraction of sp³-hybridized carbons (Fsp3) is 0.556. The van der Waals surface area contributed by atoms with Gasteiger partial charge < -0.3 is 9.80 Å². The number of amides is 1. The number of halogens is 1. The Morgan fingerprint density at radius 2 is 1.91 bits per heavy atom. The summed E-state index contributed by atoms with van der Waals surface area (Å²) >= 11 is 3.36. The number of likely N-dealkylation sites (tertiary alicyclic amines) is 1. The van der Waals surface area contributed by atoms with E-state index in [0.717, 1.165) is 30.4 Å². The molecule has 0 saturated carbocycles. The normalized spacial score (nSPS) is 18.3. The van der Waals surface area contributed by atoms with E-state index in [2.05, 4.69) is 34.9 Å². The van der Waals surface area contributed by atoms with Crippen molar-refractivity contribution in [1.29, 1.82) is 0 Å². The number of benzene rings is 1. The van der Waals surface area contributed by atoms with Crippen LogP contribution in [0.4, 0.5) is 0 Å². The summed E-state index contributed by atoms with van der Waals surface area (Å²) in [6.45, 7) is 1.66. The number of carbonyl (C=O) groups is 2. The monoisotopic (exact) mass is 380 g/mol. The van der Waals surface area contributed by atoms with E-state index in [-0.39, 0.29) is 11.7 Å². The largest absolute Gasteiger partial charge is 0.341 e. The third kappa shape index (κ3) is 5.43. The fourth-order valence-corrected chi connectivity index (χ4v) is 3.21. The summed E-state index contributed by atoms with van der Waals surface area (Å²) in [5.74, 6) is 0.287. The molecule has 23 heavy (non-hydrogen) atoms. The lowest BCUT2D eigenvalue weighted by atomic mass is 10.0. The second-order valence-corrected chi connectivity index (χ2v) is 7.30. The number of piperidine rings is 1. The molecule has 1 unspecified atom stereocenters. The molecule has 126 valence electrons. The number of Topliss-reactive ketones (excluding diaryl/α,β-unsaturated/α-hetero) is 1. The molecule has 0 aliphatic carbocycles. The van der Waals surface area contributed by atoms with Crippen LogP contribution in [0.3, 0.4) is 0 Å². The van der Waals surface area contributed by atoms with Crippen molar-refractivity contribution in [2.75, 3.05) is 27.2 Å². The first kappa shape index (κ1) is 18.1. The molecule has 0 aromatic heterocycles. The first-order chi connectivity index (χ1) is 11.0. The molecule has 1 saturated heterocycles. The fourth-order valence-electron chi connectivity index (χ4n) is 2.94. The van der Waals surface area contributed by atoms with E-state index >= 15 is 0 Å². The molecule has 0 bridgehead atoms. The Kier molecular flexibility index (Phi) is 6.78. The Bertz CT molecular complexity index is 542. The van der Waals surface area contributed by atoms with Crippen LogP contribution in [0.25, 0.3) is 0 Å². The summed E-state index contributed by atoms with van der Waals surface area (Å²) in [5, 5.41) is 0. The third-order valence-corrected chi connectivity index (χ3v) is 4.97. The first-order valence-corrected chi connectivity index (χ1v) is 8.99. The highest BCUT2D eigenvalue weighted by molar-refractivity contribution is 9.10. The average molecular weight is 381 g/mol. The molecule has 1 atom stereocenters. The number of hydrogen-bond donors (Lipinski definition) is 0. The van der Waals surface area contributed by atoms with Gasteiger partial charge in [0.2, 0.25) is 5.91 Å². The van der Waals surface area contributed by atoms with Gasteiger partial charge >= 0.3 is 0 Å². The predicted molar refractivity (Wildman–Crippen MR) is 95.6 cm³/mol. The zero-order valence-electron chi connectivity index (χ0n) is 13.9. The standard InChI is InChI=1S/C18H25BrN2O2/c1-20(2)16-5-4-12-21(13-16)18(23)7-3-6-17(22)14-8-10-15(19)11-9-14/h8-11,16H,3-7,12-13H2,1-2H3. The van der Waals surface area contributed by atoms with Crippen molar-refractivity contribution in [3.8, 4) is 0 Å². The maximum atomic E-state index is 12.3. The second kappa shape index (κ2) is 8.60. The van der Waals surface area contributed by atoms with Crippen LogP contribution >= 0.6 is 15.9 Å². The summed E-state index contributed by atoms with van der Waals surface area (Å²) in [7, 11) is 4.13. The molecule has 0 N–H and O–H groups in total. The van der Waals surface area contributed by atoms with Gasteiger partial charge in [0.25, 0.3) is 0 Å². The lowest BCUT2D eigenvalue weighted by Gasteiger charge is -2.36. The average Bonchev–Trinajstić information content (AvgIpc) is 2.55. The van der Waals surface area contributed by atoms with Crippen LogP contribution in [-0.2, 0) is 4.79 Å². The minimum atomic E-state index is 0.107. The Labute approximate surface area is 147 Å². The Morgan fingerprint density at radius 1 is 1.22 bits per heavy atom. The van der Waals surface area contributed by atoms with Crippen LogP contribution in [0.1, 0.15) is 42.5 Å². The Morgan fingerprint density at radius 3 is 2.57 bits per heavy atom. The molecule has 4 nitrogen and oxygen atoms in total. The van der Waals surface area contributed by atoms with E-state index in [1.165, 1.54) is 0 Å². The molecule has 5 heteroatoms. The number of hydrogen-bond acceptors (Lipinski definition) is 3. The van der Waals surface area contributed by atoms with Gasteiger partial charge in [-0.25, -0.2) is 0 Å². The highest BCUT2D eigenvalue weighted by atomic mass is 79.9. The minimum absolute atomic E-state index is 0.107. The van der Waals surface area contributed by atoms with Crippen molar-refractivity contribution in [1.82, 2.24) is 9.80 Å². The van der Waals surface area contributed by atoms with Gasteiger partial charge in [0, 0.05) is 42.0 Å².